The van der Waals surface area contributed by atoms with Crippen LogP contribution in [0.15, 0.2) is 0 Å². The van der Waals surface area contributed by atoms with E-state index in [9.17, 15) is 13.2 Å². The van der Waals surface area contributed by atoms with Gasteiger partial charge in [0.1, 0.15) is 0 Å². The third-order valence-corrected chi connectivity index (χ3v) is 6.52. The summed E-state index contributed by atoms with van der Waals surface area (Å²) in [7, 11) is 0.306. The molecule has 0 bridgehead atoms. The predicted molar refractivity (Wildman–Crippen MR) is 91.2 cm³/mol. The molecule has 8 heteroatoms. The second kappa shape index (κ2) is 8.12. The molecule has 7 nitrogen and oxygen atoms in total. The molecule has 0 aliphatic carbocycles. The van der Waals surface area contributed by atoms with Crippen molar-refractivity contribution < 1.29 is 22.7 Å². The van der Waals surface area contributed by atoms with E-state index in [0.717, 1.165) is 12.8 Å². The molecule has 1 atom stereocenters. The van der Waals surface area contributed by atoms with E-state index in [1.54, 1.807) is 19.1 Å². The Morgan fingerprint density at radius 1 is 1.38 bits per heavy atom. The zero-order chi connectivity index (χ0) is 17.8. The lowest BCUT2D eigenvalue weighted by molar-refractivity contribution is -0.139. The maximum atomic E-state index is 12.3. The van der Waals surface area contributed by atoms with Gasteiger partial charge in [0, 0.05) is 46.8 Å². The summed E-state index contributed by atoms with van der Waals surface area (Å²) in [6.45, 7) is 2.81. The Bertz CT molecular complexity index is 529. The Hall–Kier alpha value is -0.700. The van der Waals surface area contributed by atoms with Gasteiger partial charge in [-0.15, -0.1) is 0 Å². The lowest BCUT2D eigenvalue weighted by Crippen LogP contribution is -2.50. The van der Waals surface area contributed by atoms with Crippen LogP contribution in [0.25, 0.3) is 0 Å². The second-order valence-corrected chi connectivity index (χ2v) is 9.05. The first-order valence-corrected chi connectivity index (χ1v) is 10.4. The van der Waals surface area contributed by atoms with Crippen LogP contribution < -0.4 is 0 Å². The van der Waals surface area contributed by atoms with Crippen molar-refractivity contribution in [1.82, 2.24) is 9.21 Å². The first kappa shape index (κ1) is 19.6. The van der Waals surface area contributed by atoms with E-state index in [1.807, 2.05) is 0 Å². The number of likely N-dealkylation sites (N-methyl/N-ethyl adjacent to an activating group) is 1. The number of hydrogen-bond donors (Lipinski definition) is 0. The molecule has 0 aromatic carbocycles. The van der Waals surface area contributed by atoms with E-state index < -0.39 is 10.0 Å². The average Bonchev–Trinajstić information content (AvgIpc) is 2.52. The van der Waals surface area contributed by atoms with Gasteiger partial charge in [-0.25, -0.2) is 12.7 Å². The van der Waals surface area contributed by atoms with Gasteiger partial charge in [-0.1, -0.05) is 0 Å². The fourth-order valence-electron chi connectivity index (χ4n) is 3.63. The SMILES string of the molecule is COCCN(C)C(=O)CC1CCOC2(CCN(S(C)(=O)=O)CC2)C1. The zero-order valence-corrected chi connectivity index (χ0v) is 15.8. The van der Waals surface area contributed by atoms with Crippen LogP contribution in [0.1, 0.15) is 32.1 Å². The Balaban J connectivity index is 1.87. The highest BCUT2D eigenvalue weighted by molar-refractivity contribution is 7.88. The first-order chi connectivity index (χ1) is 11.3. The van der Waals surface area contributed by atoms with Crippen LogP contribution in [0.5, 0.6) is 0 Å². The predicted octanol–water partition coefficient (Wildman–Crippen LogP) is 0.702. The van der Waals surface area contributed by atoms with Crippen molar-refractivity contribution in [3.8, 4) is 0 Å². The molecule has 2 rings (SSSR count). The van der Waals surface area contributed by atoms with Crippen molar-refractivity contribution >= 4 is 15.9 Å². The average molecular weight is 362 g/mol. The van der Waals surface area contributed by atoms with Crippen molar-refractivity contribution in [2.75, 3.05) is 53.3 Å². The van der Waals surface area contributed by atoms with Crippen molar-refractivity contribution in [1.29, 1.82) is 0 Å². The van der Waals surface area contributed by atoms with Crippen LogP contribution >= 0.6 is 0 Å². The van der Waals surface area contributed by atoms with E-state index in [4.69, 9.17) is 9.47 Å². The van der Waals surface area contributed by atoms with E-state index >= 15 is 0 Å². The molecule has 140 valence electrons. The summed E-state index contributed by atoms with van der Waals surface area (Å²) in [6.07, 6.45) is 4.94. The van der Waals surface area contributed by atoms with Crippen molar-refractivity contribution in [2.45, 2.75) is 37.7 Å². The van der Waals surface area contributed by atoms with Gasteiger partial charge >= 0.3 is 0 Å². The number of nitrogens with zero attached hydrogens (tertiary/aromatic N) is 2. The normalized spacial score (nSPS) is 24.9. The molecular weight excluding hydrogens is 332 g/mol. The minimum absolute atomic E-state index is 0.141. The highest BCUT2D eigenvalue weighted by Gasteiger charge is 2.42. The number of sulfonamides is 1. The van der Waals surface area contributed by atoms with Gasteiger partial charge in [0.2, 0.25) is 15.9 Å². The fraction of sp³-hybridized carbons (Fsp3) is 0.938. The van der Waals surface area contributed by atoms with Crippen LogP contribution in [-0.2, 0) is 24.3 Å². The molecule has 1 spiro atoms. The Kier molecular flexibility index (Phi) is 6.64. The number of carbonyl (C=O) groups excluding carboxylic acids is 1. The number of amides is 1. The summed E-state index contributed by atoms with van der Waals surface area (Å²) in [5.74, 6) is 0.448. The van der Waals surface area contributed by atoms with E-state index in [0.29, 0.717) is 58.0 Å². The van der Waals surface area contributed by atoms with Gasteiger partial charge in [0.05, 0.1) is 18.5 Å². The smallest absolute Gasteiger partial charge is 0.222 e. The number of piperidine rings is 1. The Labute approximate surface area is 145 Å². The molecule has 2 fully saturated rings. The molecule has 0 aromatic heterocycles. The van der Waals surface area contributed by atoms with Crippen LogP contribution in [0.4, 0.5) is 0 Å². The van der Waals surface area contributed by atoms with Gasteiger partial charge in [-0.2, -0.15) is 0 Å². The molecule has 0 aromatic rings. The minimum Gasteiger partial charge on any atom is -0.383 e. The molecular formula is C16H30N2O5S. The van der Waals surface area contributed by atoms with Gasteiger partial charge in [0.25, 0.3) is 0 Å². The van der Waals surface area contributed by atoms with Crippen molar-refractivity contribution in [2.24, 2.45) is 5.92 Å². The largest absolute Gasteiger partial charge is 0.383 e. The molecule has 2 saturated heterocycles. The minimum atomic E-state index is -3.13. The number of ether oxygens (including phenoxy) is 2. The van der Waals surface area contributed by atoms with Gasteiger partial charge in [0.15, 0.2) is 0 Å². The molecule has 0 N–H and O–H groups in total. The van der Waals surface area contributed by atoms with Crippen molar-refractivity contribution in [3.63, 3.8) is 0 Å². The molecule has 24 heavy (non-hydrogen) atoms. The highest BCUT2D eigenvalue weighted by atomic mass is 32.2. The summed E-state index contributed by atoms with van der Waals surface area (Å²) in [5, 5.41) is 0. The van der Waals surface area contributed by atoms with Crippen LogP contribution in [0, 0.1) is 5.92 Å². The maximum absolute atomic E-state index is 12.3. The standard InChI is InChI=1S/C16H30N2O5S/c1-17(9-11-22-2)15(19)12-14-4-10-23-16(13-14)5-7-18(8-6-16)24(3,20)21/h14H,4-13H2,1-3H3. The van der Waals surface area contributed by atoms with E-state index in [2.05, 4.69) is 0 Å². The van der Waals surface area contributed by atoms with Crippen LogP contribution in [-0.4, -0.2) is 82.4 Å². The quantitative estimate of drug-likeness (QED) is 0.695. The molecule has 2 aliphatic rings. The second-order valence-electron chi connectivity index (χ2n) is 7.06. The number of methoxy groups -OCH3 is 1. The topological polar surface area (TPSA) is 76.2 Å². The fourth-order valence-corrected chi connectivity index (χ4v) is 4.48. The van der Waals surface area contributed by atoms with Gasteiger partial charge < -0.3 is 14.4 Å². The van der Waals surface area contributed by atoms with Crippen molar-refractivity contribution in [3.05, 3.63) is 0 Å². The zero-order valence-electron chi connectivity index (χ0n) is 15.0. The Morgan fingerprint density at radius 2 is 2.04 bits per heavy atom. The molecule has 2 heterocycles. The summed E-state index contributed by atoms with van der Waals surface area (Å²) in [5.41, 5.74) is -0.254. The third kappa shape index (κ3) is 5.15. The Morgan fingerprint density at radius 3 is 2.62 bits per heavy atom. The lowest BCUT2D eigenvalue weighted by atomic mass is 9.78. The molecule has 0 saturated carbocycles. The monoisotopic (exact) mass is 362 g/mol. The number of carbonyl (C=O) groups is 1. The molecule has 0 radical (unpaired) electrons. The summed E-state index contributed by atoms with van der Waals surface area (Å²) < 4.78 is 35.9. The molecule has 2 aliphatic heterocycles. The maximum Gasteiger partial charge on any atom is 0.222 e. The third-order valence-electron chi connectivity index (χ3n) is 5.22. The summed E-state index contributed by atoms with van der Waals surface area (Å²) in [6, 6.07) is 0. The van der Waals surface area contributed by atoms with E-state index in [-0.39, 0.29) is 11.5 Å². The van der Waals surface area contributed by atoms with Crippen LogP contribution in [0.2, 0.25) is 0 Å². The highest BCUT2D eigenvalue weighted by Crippen LogP contribution is 2.39. The van der Waals surface area contributed by atoms with Gasteiger partial charge in [-0.05, 0) is 31.6 Å². The summed E-state index contributed by atoms with van der Waals surface area (Å²) >= 11 is 0. The summed E-state index contributed by atoms with van der Waals surface area (Å²) in [4.78, 5) is 14.0. The number of hydrogen-bond acceptors (Lipinski definition) is 5. The molecule has 1 unspecified atom stereocenters. The van der Waals surface area contributed by atoms with Gasteiger partial charge in [-0.3, -0.25) is 4.79 Å². The number of rotatable bonds is 6. The first-order valence-electron chi connectivity index (χ1n) is 8.58. The lowest BCUT2D eigenvalue weighted by Gasteiger charge is -2.45. The van der Waals surface area contributed by atoms with Crippen LogP contribution in [0.3, 0.4) is 0 Å². The van der Waals surface area contributed by atoms with E-state index in [1.165, 1.54) is 10.6 Å². The molecule has 1 amide bonds.